The average Bonchev–Trinajstić information content (AvgIpc) is 1.67. The van der Waals surface area contributed by atoms with Crippen molar-refractivity contribution in [3.8, 4) is 34.1 Å². The normalized spacial score (nSPS) is 13.4. The van der Waals surface area contributed by atoms with E-state index < -0.39 is 135 Å². The summed E-state index contributed by atoms with van der Waals surface area (Å²) < 4.78 is 204. The van der Waals surface area contributed by atoms with Gasteiger partial charge in [-0.25, -0.2) is 73.3 Å². The zero-order valence-electron chi connectivity index (χ0n) is 59.5. The number of carbonyl (C=O) groups excluding carboxylic acids is 2. The summed E-state index contributed by atoms with van der Waals surface area (Å²) >= 11 is 12.9. The van der Waals surface area contributed by atoms with Crippen LogP contribution < -0.4 is 49.7 Å². The number of phosphoric acid groups is 2. The molecule has 4 aromatic heterocycles. The van der Waals surface area contributed by atoms with E-state index in [0.717, 1.165) is 24.6 Å². The van der Waals surface area contributed by atoms with Crippen molar-refractivity contribution in [2.75, 3.05) is 61.3 Å². The molecule has 6 N–H and O–H groups in total. The van der Waals surface area contributed by atoms with Gasteiger partial charge in [0, 0.05) is 58.9 Å². The smallest absolute Gasteiger partial charge is 0.487 e. The number of nitrogens with one attached hydrogen (secondary N) is 2. The van der Waals surface area contributed by atoms with Crippen LogP contribution in [0.2, 0.25) is 10.0 Å². The first-order valence-corrected chi connectivity index (χ1v) is 35.8. The number of phosphoric ester groups is 2. The Morgan fingerprint density at radius 3 is 1.33 bits per heavy atom. The van der Waals surface area contributed by atoms with Crippen LogP contribution in [-0.2, 0) is 73.4 Å². The van der Waals surface area contributed by atoms with Crippen molar-refractivity contribution in [3.05, 3.63) is 203 Å². The number of carbonyl (C=O) groups is 2. The third-order valence-corrected chi connectivity index (χ3v) is 16.1. The van der Waals surface area contributed by atoms with Gasteiger partial charge in [0.1, 0.15) is 103 Å². The number of ether oxygens (including phenoxy) is 4. The molecule has 516 valence electrons. The van der Waals surface area contributed by atoms with Gasteiger partial charge in [0.15, 0.2) is 0 Å². The predicted octanol–water partition coefficient (Wildman–Crippen LogP) is 9.11. The molecule has 10 aromatic rings. The van der Waals surface area contributed by atoms with Crippen LogP contribution >= 0.6 is 38.8 Å². The molecular formula is C62H58Cl2F2N8NaO20P2S2+. The average molecular weight is 1500 g/mol. The summed E-state index contributed by atoms with van der Waals surface area (Å²) in [6.07, 6.45) is 1.41. The molecule has 10 rings (SSSR count). The van der Waals surface area contributed by atoms with Crippen LogP contribution in [0.5, 0.6) is 11.5 Å². The molecule has 0 unspecified atom stereocenters. The van der Waals surface area contributed by atoms with Gasteiger partial charge in [-0.05, 0) is 132 Å². The largest absolute Gasteiger partial charge is 1.00 e. The maximum atomic E-state index is 13.7. The molecule has 28 nitrogen and oxygen atoms in total. The van der Waals surface area contributed by atoms with Crippen molar-refractivity contribution in [1.82, 2.24) is 29.7 Å². The summed E-state index contributed by atoms with van der Waals surface area (Å²) in [6, 6.07) is 33.8. The van der Waals surface area contributed by atoms with Gasteiger partial charge in [0.2, 0.25) is 13.6 Å². The first kappa shape index (κ1) is 65.5. The van der Waals surface area contributed by atoms with Crippen LogP contribution in [0.3, 0.4) is 0 Å². The van der Waals surface area contributed by atoms with Crippen molar-refractivity contribution in [3.63, 3.8) is 0 Å². The number of rotatable bonds is 28. The second kappa shape index (κ2) is 34.3. The van der Waals surface area contributed by atoms with Gasteiger partial charge in [-0.1, -0.05) is 47.5 Å². The molecule has 0 saturated carbocycles. The van der Waals surface area contributed by atoms with Crippen LogP contribution in [0.15, 0.2) is 167 Å². The molecule has 6 aromatic carbocycles. The van der Waals surface area contributed by atoms with Gasteiger partial charge >= 0.3 is 57.4 Å². The molecule has 0 aliphatic rings. The molecule has 0 bridgehead atoms. The minimum Gasteiger partial charge on any atom is -0.487 e. The Bertz CT molecular complexity index is 4960. The predicted molar refractivity (Wildman–Crippen MR) is 355 cm³/mol. The standard InChI is InChI=1S/2C31H29ClFN4O10PS.Na/c2*1-49(42,43)12-11-37(31(38)45-19-46-48(39,40)41)16-24-7-10-28(47-24)21-5-8-27-25(14-21)30(35-18-34-27)36-23-6-9-29(26(32)15-23)44-17-20-3-2-4-22(33)13-20;/h2*2-10,13-15,18H,11-12,16-17,19H2,1H3,(H,34,35,36)(H2,39,40,41);/q;;+1/i2*16D2,17D2;. The van der Waals surface area contributed by atoms with E-state index in [2.05, 4.69) is 49.1 Å². The SMILES string of the molecule is [2H]C([2H])(Oc1ccc(Nc2ncnc3ccc(-c4ccc(C([2H])([2H])N(CCS(C)(=O)=O)C(=O)OCOP(=O)(O)O)o4)cc23)cc1Cl)c1cccc(F)c1.[2H]C([2H])(Oc1ccc(Nc2ncnc3ccc(-c4ccc(C([2H])([2H])N(CCS(C)(=O)=O)C(=O)OCOP(=O)(O)O)o4)cc23)cc1Cl)c1cccc(F)c1.[Na+]. The summed E-state index contributed by atoms with van der Waals surface area (Å²) in [5.41, 5.74) is 2.59. The van der Waals surface area contributed by atoms with Crippen molar-refractivity contribution in [2.24, 2.45) is 0 Å². The van der Waals surface area contributed by atoms with Gasteiger partial charge in [-0.3, -0.25) is 9.80 Å². The van der Waals surface area contributed by atoms with Crippen LogP contribution in [0.4, 0.5) is 41.4 Å². The molecule has 2 amide bonds. The third-order valence-electron chi connectivity index (χ3n) is 12.8. The molecule has 0 saturated heterocycles. The van der Waals surface area contributed by atoms with E-state index in [4.69, 9.17) is 72.0 Å². The van der Waals surface area contributed by atoms with Crippen molar-refractivity contribution in [2.45, 2.75) is 26.1 Å². The number of fused-ring (bicyclic) bond motifs is 2. The molecular weight excluding hydrogens is 1430 g/mol. The van der Waals surface area contributed by atoms with Gasteiger partial charge in [0.05, 0.1) is 56.5 Å². The Morgan fingerprint density at radius 1 is 0.566 bits per heavy atom. The van der Waals surface area contributed by atoms with Crippen LogP contribution in [-0.4, -0.2) is 129 Å². The molecule has 0 aliphatic heterocycles. The van der Waals surface area contributed by atoms with Crippen molar-refractivity contribution >= 4 is 116 Å². The molecule has 4 heterocycles. The van der Waals surface area contributed by atoms with Gasteiger partial charge in [-0.2, -0.15) is 0 Å². The van der Waals surface area contributed by atoms with Crippen molar-refractivity contribution < 1.29 is 141 Å². The number of furan rings is 2. The molecule has 0 atom stereocenters. The molecule has 99 heavy (non-hydrogen) atoms. The fourth-order valence-corrected chi connectivity index (χ4v) is 10.1. The number of sulfone groups is 2. The Balaban J connectivity index is 0.000000267. The van der Waals surface area contributed by atoms with E-state index in [1.807, 2.05) is 0 Å². The fraction of sp³-hybridized carbons (Fsp3) is 0.194. The second-order valence-electron chi connectivity index (χ2n) is 20.3. The van der Waals surface area contributed by atoms with E-state index in [0.29, 0.717) is 65.7 Å². The molecule has 37 heteroatoms. The molecule has 0 radical (unpaired) electrons. The molecule has 0 spiro atoms. The minimum absolute atomic E-state index is 0. The summed E-state index contributed by atoms with van der Waals surface area (Å²) in [4.78, 5) is 78.9. The summed E-state index contributed by atoms with van der Waals surface area (Å²) in [7, 11) is -17.5. The number of halogens is 4. The summed E-state index contributed by atoms with van der Waals surface area (Å²) in [6.45, 7) is -14.3. The van der Waals surface area contributed by atoms with E-state index in [1.165, 1.54) is 97.6 Å². The van der Waals surface area contributed by atoms with E-state index in [9.17, 15) is 44.3 Å². The van der Waals surface area contributed by atoms with E-state index in [1.54, 1.807) is 48.5 Å². The van der Waals surface area contributed by atoms with Crippen LogP contribution in [0.25, 0.3) is 44.5 Å². The quantitative estimate of drug-likeness (QED) is 0.0151. The van der Waals surface area contributed by atoms with Gasteiger partial charge in [-0.15, -0.1) is 0 Å². The van der Waals surface area contributed by atoms with Gasteiger partial charge < -0.3 is 58.0 Å². The summed E-state index contributed by atoms with van der Waals surface area (Å²) in [5, 5.41) is 7.26. The zero-order chi connectivity index (χ0) is 77.5. The third kappa shape index (κ3) is 24.0. The maximum absolute atomic E-state index is 13.7. The Kier molecular flexibility index (Phi) is 22.7. The van der Waals surface area contributed by atoms with Crippen LogP contribution in [0, 0.1) is 11.6 Å². The number of benzene rings is 6. The Labute approximate surface area is 607 Å². The summed E-state index contributed by atoms with van der Waals surface area (Å²) in [5.74, 6) is -2.63. The number of hydrogen-bond acceptors (Lipinski definition) is 22. The number of anilines is 4. The first-order valence-electron chi connectivity index (χ1n) is 31.8. The fourth-order valence-electron chi connectivity index (χ4n) is 8.27. The number of nitrogens with zero attached hydrogens (tertiary/aromatic N) is 6. The first-order chi connectivity index (χ1) is 49.4. The van der Waals surface area contributed by atoms with E-state index >= 15 is 0 Å². The topological polar surface area (TPSA) is 381 Å². The Morgan fingerprint density at radius 2 is 0.970 bits per heavy atom. The second-order valence-corrected chi connectivity index (χ2v) is 28.1. The van der Waals surface area contributed by atoms with Crippen LogP contribution in [0.1, 0.15) is 33.6 Å². The zero-order valence-corrected chi connectivity index (χ0v) is 58.4. The molecule has 0 fully saturated rings. The van der Waals surface area contributed by atoms with Gasteiger partial charge in [0.25, 0.3) is 0 Å². The minimum atomic E-state index is -5.04. The Hall–Kier alpha value is -8.14. The number of amides is 2. The van der Waals surface area contributed by atoms with E-state index in [-0.39, 0.29) is 73.7 Å². The van der Waals surface area contributed by atoms with Crippen molar-refractivity contribution in [1.29, 1.82) is 0 Å². The number of hydrogen-bond donors (Lipinski definition) is 6. The monoisotopic (exact) mass is 1500 g/mol. The maximum Gasteiger partial charge on any atom is 1.00 e. The molecule has 0 aliphatic carbocycles. The number of aromatic nitrogens is 4.